The molecule has 0 bridgehead atoms. The minimum Gasteiger partial charge on any atom is -0.392 e. The molecule has 0 saturated carbocycles. The fourth-order valence-corrected chi connectivity index (χ4v) is 3.21. The van der Waals surface area contributed by atoms with Gasteiger partial charge in [-0.1, -0.05) is 0 Å². The van der Waals surface area contributed by atoms with Crippen LogP contribution in [0.3, 0.4) is 0 Å². The second-order valence-electron chi connectivity index (χ2n) is 7.27. The topological polar surface area (TPSA) is 68.7 Å². The number of carbonyl (C=O) groups excluding carboxylic acids is 1. The van der Waals surface area contributed by atoms with E-state index < -0.39 is 6.10 Å². The number of likely N-dealkylation sites (tertiary alicyclic amines) is 1. The van der Waals surface area contributed by atoms with Crippen LogP contribution in [-0.2, 0) is 6.42 Å². The summed E-state index contributed by atoms with van der Waals surface area (Å²) in [7, 11) is 0. The Labute approximate surface area is 151 Å². The molecule has 6 heteroatoms. The largest absolute Gasteiger partial charge is 0.392 e. The normalized spacial score (nSPS) is 17.5. The lowest BCUT2D eigenvalue weighted by molar-refractivity contribution is 0.114. The molecular formula is C19H32N4O2. The molecule has 1 unspecified atom stereocenters. The van der Waals surface area contributed by atoms with Gasteiger partial charge in [-0.2, -0.15) is 0 Å². The highest BCUT2D eigenvalue weighted by Gasteiger charge is 2.24. The fraction of sp³-hybridized carbons (Fsp3) is 0.684. The van der Waals surface area contributed by atoms with E-state index in [0.717, 1.165) is 38.9 Å². The molecule has 2 N–H and O–H groups in total. The number of carbonyl (C=O) groups is 1. The molecular weight excluding hydrogens is 316 g/mol. The van der Waals surface area contributed by atoms with E-state index in [1.165, 1.54) is 5.56 Å². The lowest BCUT2D eigenvalue weighted by Crippen LogP contribution is -2.52. The van der Waals surface area contributed by atoms with Crippen molar-refractivity contribution in [2.45, 2.75) is 58.2 Å². The Morgan fingerprint density at radius 3 is 2.52 bits per heavy atom. The van der Waals surface area contributed by atoms with Gasteiger partial charge in [0.25, 0.3) is 0 Å². The van der Waals surface area contributed by atoms with E-state index in [9.17, 15) is 9.90 Å². The van der Waals surface area contributed by atoms with Gasteiger partial charge in [0.15, 0.2) is 0 Å². The first kappa shape index (κ1) is 19.7. The van der Waals surface area contributed by atoms with Gasteiger partial charge in [-0.3, -0.25) is 4.98 Å². The number of amides is 2. The Kier molecular flexibility index (Phi) is 7.65. The third-order valence-electron chi connectivity index (χ3n) is 4.73. The van der Waals surface area contributed by atoms with Gasteiger partial charge in [-0.15, -0.1) is 0 Å². The predicted molar refractivity (Wildman–Crippen MR) is 99.5 cm³/mol. The summed E-state index contributed by atoms with van der Waals surface area (Å²) in [6.07, 6.45) is 6.15. The van der Waals surface area contributed by atoms with Gasteiger partial charge < -0.3 is 20.2 Å². The van der Waals surface area contributed by atoms with Crippen LogP contribution in [0.25, 0.3) is 0 Å². The molecule has 6 nitrogen and oxygen atoms in total. The Morgan fingerprint density at radius 2 is 1.96 bits per heavy atom. The molecule has 1 aliphatic heterocycles. The van der Waals surface area contributed by atoms with Crippen molar-refractivity contribution in [2.24, 2.45) is 0 Å². The second-order valence-corrected chi connectivity index (χ2v) is 7.27. The molecule has 25 heavy (non-hydrogen) atoms. The van der Waals surface area contributed by atoms with Crippen molar-refractivity contribution in [1.29, 1.82) is 0 Å². The molecule has 1 aromatic heterocycles. The number of rotatable bonds is 7. The Morgan fingerprint density at radius 1 is 1.32 bits per heavy atom. The number of piperidine rings is 1. The number of pyridine rings is 1. The van der Waals surface area contributed by atoms with Crippen molar-refractivity contribution < 1.29 is 9.90 Å². The van der Waals surface area contributed by atoms with E-state index in [1.807, 2.05) is 26.2 Å². The molecule has 0 spiro atoms. The third-order valence-corrected chi connectivity index (χ3v) is 4.73. The molecule has 0 radical (unpaired) electrons. The van der Waals surface area contributed by atoms with E-state index in [-0.39, 0.29) is 18.1 Å². The van der Waals surface area contributed by atoms with Crippen LogP contribution in [0.5, 0.6) is 0 Å². The molecule has 1 saturated heterocycles. The summed E-state index contributed by atoms with van der Waals surface area (Å²) in [5.74, 6) is 0. The SMILES string of the molecule is CC(O)CN(C(=O)NC1CCN(CCc2ccncc2)CC1)C(C)C. The van der Waals surface area contributed by atoms with Crippen molar-refractivity contribution in [3.63, 3.8) is 0 Å². The zero-order valence-corrected chi connectivity index (χ0v) is 15.7. The van der Waals surface area contributed by atoms with Crippen LogP contribution in [0.2, 0.25) is 0 Å². The molecule has 1 fully saturated rings. The van der Waals surface area contributed by atoms with Gasteiger partial charge in [0.2, 0.25) is 0 Å². The Balaban J connectivity index is 1.73. The lowest BCUT2D eigenvalue weighted by atomic mass is 10.0. The van der Waals surface area contributed by atoms with Gasteiger partial charge in [0.1, 0.15) is 0 Å². The summed E-state index contributed by atoms with van der Waals surface area (Å²) in [5, 5.41) is 12.7. The fourth-order valence-electron chi connectivity index (χ4n) is 3.21. The van der Waals surface area contributed by atoms with Crippen LogP contribution in [0.4, 0.5) is 4.79 Å². The molecule has 140 valence electrons. The average molecular weight is 348 g/mol. The van der Waals surface area contributed by atoms with E-state index >= 15 is 0 Å². The number of aliphatic hydroxyl groups excluding tert-OH is 1. The van der Waals surface area contributed by atoms with E-state index in [2.05, 4.69) is 27.3 Å². The highest BCUT2D eigenvalue weighted by Crippen LogP contribution is 2.12. The smallest absolute Gasteiger partial charge is 0.317 e. The maximum absolute atomic E-state index is 12.5. The number of urea groups is 1. The zero-order valence-electron chi connectivity index (χ0n) is 15.7. The Hall–Kier alpha value is -1.66. The van der Waals surface area contributed by atoms with Gasteiger partial charge >= 0.3 is 6.03 Å². The van der Waals surface area contributed by atoms with Crippen molar-refractivity contribution >= 4 is 6.03 Å². The summed E-state index contributed by atoms with van der Waals surface area (Å²) in [6, 6.07) is 4.37. The van der Waals surface area contributed by atoms with Gasteiger partial charge in [-0.25, -0.2) is 4.79 Å². The van der Waals surface area contributed by atoms with Crippen LogP contribution in [-0.4, -0.2) is 70.3 Å². The van der Waals surface area contributed by atoms with Crippen molar-refractivity contribution in [2.75, 3.05) is 26.2 Å². The Bertz CT molecular complexity index is 513. The highest BCUT2D eigenvalue weighted by molar-refractivity contribution is 5.74. The van der Waals surface area contributed by atoms with Crippen LogP contribution >= 0.6 is 0 Å². The number of nitrogens with one attached hydrogen (secondary N) is 1. The summed E-state index contributed by atoms with van der Waals surface area (Å²) < 4.78 is 0. The summed E-state index contributed by atoms with van der Waals surface area (Å²) >= 11 is 0. The molecule has 1 atom stereocenters. The maximum Gasteiger partial charge on any atom is 0.317 e. The quantitative estimate of drug-likeness (QED) is 0.790. The third kappa shape index (κ3) is 6.63. The molecule has 2 amide bonds. The van der Waals surface area contributed by atoms with E-state index in [0.29, 0.717) is 6.54 Å². The molecule has 1 aromatic rings. The van der Waals surface area contributed by atoms with Crippen molar-refractivity contribution in [3.8, 4) is 0 Å². The summed E-state index contributed by atoms with van der Waals surface area (Å²) in [4.78, 5) is 20.7. The second kappa shape index (κ2) is 9.73. The first-order chi connectivity index (χ1) is 12.0. The molecule has 0 aliphatic carbocycles. The lowest BCUT2D eigenvalue weighted by Gasteiger charge is -2.35. The minimum absolute atomic E-state index is 0.0638. The average Bonchev–Trinajstić information content (AvgIpc) is 2.59. The minimum atomic E-state index is -0.511. The first-order valence-corrected chi connectivity index (χ1v) is 9.32. The standard InChI is InChI=1S/C19H32N4O2/c1-15(2)23(14-16(3)24)19(25)21-18-7-12-22(13-8-18)11-6-17-4-9-20-10-5-17/h4-5,9-10,15-16,18,24H,6-8,11-14H2,1-3H3,(H,21,25). The number of aliphatic hydroxyl groups is 1. The molecule has 2 rings (SSSR count). The number of hydrogen-bond donors (Lipinski definition) is 2. The van der Waals surface area contributed by atoms with Crippen LogP contribution in [0.1, 0.15) is 39.2 Å². The monoisotopic (exact) mass is 348 g/mol. The van der Waals surface area contributed by atoms with E-state index in [4.69, 9.17) is 0 Å². The summed E-state index contributed by atoms with van der Waals surface area (Å²) in [6.45, 7) is 9.10. The first-order valence-electron chi connectivity index (χ1n) is 9.32. The number of aromatic nitrogens is 1. The van der Waals surface area contributed by atoms with Crippen LogP contribution in [0.15, 0.2) is 24.5 Å². The molecule has 1 aliphatic rings. The van der Waals surface area contributed by atoms with Gasteiger partial charge in [-0.05, 0) is 57.7 Å². The molecule has 0 aromatic carbocycles. The number of nitrogens with zero attached hydrogens (tertiary/aromatic N) is 3. The van der Waals surface area contributed by atoms with Crippen molar-refractivity contribution in [1.82, 2.24) is 20.1 Å². The van der Waals surface area contributed by atoms with Crippen molar-refractivity contribution in [3.05, 3.63) is 30.1 Å². The zero-order chi connectivity index (χ0) is 18.2. The van der Waals surface area contributed by atoms with E-state index in [1.54, 1.807) is 11.8 Å². The van der Waals surface area contributed by atoms with Gasteiger partial charge in [0.05, 0.1) is 6.10 Å². The number of hydrogen-bond acceptors (Lipinski definition) is 4. The van der Waals surface area contributed by atoms with Gasteiger partial charge in [0, 0.05) is 50.7 Å². The highest BCUT2D eigenvalue weighted by atomic mass is 16.3. The van der Waals surface area contributed by atoms with Crippen LogP contribution < -0.4 is 5.32 Å². The predicted octanol–water partition coefficient (Wildman–Crippen LogP) is 1.89. The maximum atomic E-state index is 12.5. The summed E-state index contributed by atoms with van der Waals surface area (Å²) in [5.41, 5.74) is 1.32. The van der Waals surface area contributed by atoms with Crippen LogP contribution in [0, 0.1) is 0 Å². The molecule has 2 heterocycles.